The lowest BCUT2D eigenvalue weighted by Gasteiger charge is -2.08. The van der Waals surface area contributed by atoms with Crippen molar-refractivity contribution < 1.29 is 4.74 Å². The minimum absolute atomic E-state index is 0.309. The Hall–Kier alpha value is -0.870. The Morgan fingerprint density at radius 2 is 2.13 bits per heavy atom. The lowest BCUT2D eigenvalue weighted by molar-refractivity contribution is 0.0807. The van der Waals surface area contributed by atoms with Gasteiger partial charge in [-0.15, -0.1) is 0 Å². The molecular weight excluding hydrogens is 190 g/mol. The van der Waals surface area contributed by atoms with E-state index in [-0.39, 0.29) is 0 Å². The highest BCUT2D eigenvalue weighted by atomic mass is 16.5. The van der Waals surface area contributed by atoms with E-state index in [1.807, 2.05) is 27.7 Å². The van der Waals surface area contributed by atoms with Crippen LogP contribution in [0.2, 0.25) is 0 Å². The van der Waals surface area contributed by atoms with Gasteiger partial charge in [0, 0.05) is 24.3 Å². The van der Waals surface area contributed by atoms with Gasteiger partial charge in [0.05, 0.1) is 18.4 Å². The van der Waals surface area contributed by atoms with Crippen molar-refractivity contribution in [2.75, 3.05) is 13.2 Å². The number of aromatic amines is 1. The summed E-state index contributed by atoms with van der Waals surface area (Å²) >= 11 is 0. The molecule has 0 fully saturated rings. The highest BCUT2D eigenvalue weighted by molar-refractivity contribution is 5.22. The van der Waals surface area contributed by atoms with Crippen LogP contribution in [0.3, 0.4) is 0 Å². The topological polar surface area (TPSA) is 49.9 Å². The van der Waals surface area contributed by atoms with E-state index >= 15 is 0 Å². The Labute approximate surface area is 91.4 Å². The minimum atomic E-state index is 0.309. The van der Waals surface area contributed by atoms with Crippen molar-refractivity contribution in [3.63, 3.8) is 0 Å². The molecule has 0 saturated heterocycles. The van der Waals surface area contributed by atoms with Crippen LogP contribution in [-0.4, -0.2) is 29.5 Å². The highest BCUT2D eigenvalue weighted by Gasteiger charge is 2.04. The number of hydrogen-bond donors (Lipinski definition) is 2. The average Bonchev–Trinajstić information content (AvgIpc) is 2.47. The summed E-state index contributed by atoms with van der Waals surface area (Å²) in [7, 11) is 0. The zero-order valence-corrected chi connectivity index (χ0v) is 10.1. The molecule has 0 saturated carbocycles. The van der Waals surface area contributed by atoms with Gasteiger partial charge < -0.3 is 10.1 Å². The van der Waals surface area contributed by atoms with Gasteiger partial charge in [0.25, 0.3) is 0 Å². The van der Waals surface area contributed by atoms with E-state index in [4.69, 9.17) is 4.74 Å². The van der Waals surface area contributed by atoms with E-state index < -0.39 is 0 Å². The van der Waals surface area contributed by atoms with Gasteiger partial charge in [0.15, 0.2) is 0 Å². The molecule has 1 aromatic heterocycles. The Balaban J connectivity index is 2.20. The summed E-state index contributed by atoms with van der Waals surface area (Å²) in [6, 6.07) is 0. The number of nitrogens with one attached hydrogen (secondary N) is 2. The van der Waals surface area contributed by atoms with Gasteiger partial charge in [0.1, 0.15) is 0 Å². The maximum atomic E-state index is 5.44. The molecule has 4 nitrogen and oxygen atoms in total. The van der Waals surface area contributed by atoms with Crippen LogP contribution in [-0.2, 0) is 11.3 Å². The van der Waals surface area contributed by atoms with Gasteiger partial charge in [-0.2, -0.15) is 5.10 Å². The first-order chi connectivity index (χ1) is 7.11. The predicted octanol–water partition coefficient (Wildman–Crippen LogP) is 1.54. The molecule has 0 aliphatic heterocycles. The SMILES string of the molecule is Cc1n[nH]c(C)c1CNCCOC(C)C. The normalized spacial score (nSPS) is 11.3. The van der Waals surface area contributed by atoms with Crippen molar-refractivity contribution in [2.45, 2.75) is 40.3 Å². The predicted molar refractivity (Wildman–Crippen MR) is 60.9 cm³/mol. The number of ether oxygens (including phenoxy) is 1. The molecule has 15 heavy (non-hydrogen) atoms. The zero-order chi connectivity index (χ0) is 11.3. The quantitative estimate of drug-likeness (QED) is 0.702. The zero-order valence-electron chi connectivity index (χ0n) is 10.1. The lowest BCUT2D eigenvalue weighted by Crippen LogP contribution is -2.21. The van der Waals surface area contributed by atoms with Crippen LogP contribution in [0.4, 0.5) is 0 Å². The summed E-state index contributed by atoms with van der Waals surface area (Å²) in [4.78, 5) is 0. The summed E-state index contributed by atoms with van der Waals surface area (Å²) in [6.07, 6.45) is 0.309. The first kappa shape index (κ1) is 12.2. The Bertz CT molecular complexity index is 275. The molecule has 4 heteroatoms. The molecule has 0 atom stereocenters. The summed E-state index contributed by atoms with van der Waals surface area (Å²) in [5, 5.41) is 10.5. The molecule has 86 valence electrons. The largest absolute Gasteiger partial charge is 0.377 e. The summed E-state index contributed by atoms with van der Waals surface area (Å²) in [5.74, 6) is 0. The molecule has 1 heterocycles. The van der Waals surface area contributed by atoms with Crippen LogP contribution in [0.15, 0.2) is 0 Å². The van der Waals surface area contributed by atoms with Crippen molar-refractivity contribution in [2.24, 2.45) is 0 Å². The van der Waals surface area contributed by atoms with Gasteiger partial charge in [-0.25, -0.2) is 0 Å². The van der Waals surface area contributed by atoms with Crippen molar-refractivity contribution in [1.82, 2.24) is 15.5 Å². The van der Waals surface area contributed by atoms with E-state index in [2.05, 4.69) is 15.5 Å². The first-order valence-corrected chi connectivity index (χ1v) is 5.44. The smallest absolute Gasteiger partial charge is 0.0638 e. The molecule has 2 N–H and O–H groups in total. The molecule has 0 aromatic carbocycles. The van der Waals surface area contributed by atoms with Crippen LogP contribution >= 0.6 is 0 Å². The standard InChI is InChI=1S/C11H21N3O/c1-8(2)15-6-5-12-7-11-9(3)13-14-10(11)4/h8,12H,5-7H2,1-4H3,(H,13,14). The van der Waals surface area contributed by atoms with Gasteiger partial charge >= 0.3 is 0 Å². The summed E-state index contributed by atoms with van der Waals surface area (Å²) in [5.41, 5.74) is 3.48. The van der Waals surface area contributed by atoms with Crippen molar-refractivity contribution in [3.8, 4) is 0 Å². The van der Waals surface area contributed by atoms with Gasteiger partial charge in [0.2, 0.25) is 0 Å². The maximum Gasteiger partial charge on any atom is 0.0638 e. The fourth-order valence-electron chi connectivity index (χ4n) is 1.41. The molecule has 0 radical (unpaired) electrons. The molecule has 0 unspecified atom stereocenters. The van der Waals surface area contributed by atoms with Crippen LogP contribution in [0.25, 0.3) is 0 Å². The third-order valence-electron chi connectivity index (χ3n) is 2.31. The van der Waals surface area contributed by atoms with Crippen LogP contribution < -0.4 is 5.32 Å². The molecule has 0 spiro atoms. The van der Waals surface area contributed by atoms with E-state index in [0.717, 1.165) is 31.1 Å². The molecule has 0 amide bonds. The number of aromatic nitrogens is 2. The number of hydrogen-bond acceptors (Lipinski definition) is 3. The first-order valence-electron chi connectivity index (χ1n) is 5.44. The fourth-order valence-corrected chi connectivity index (χ4v) is 1.41. The summed E-state index contributed by atoms with van der Waals surface area (Å²) in [6.45, 7) is 10.6. The van der Waals surface area contributed by atoms with Gasteiger partial charge in [-0.05, 0) is 27.7 Å². The average molecular weight is 211 g/mol. The van der Waals surface area contributed by atoms with Gasteiger partial charge in [-0.1, -0.05) is 0 Å². The van der Waals surface area contributed by atoms with Crippen molar-refractivity contribution in [3.05, 3.63) is 17.0 Å². The van der Waals surface area contributed by atoms with Crippen molar-refractivity contribution >= 4 is 0 Å². The number of rotatable bonds is 6. The maximum absolute atomic E-state index is 5.44. The summed E-state index contributed by atoms with van der Waals surface area (Å²) < 4.78 is 5.44. The second-order valence-corrected chi connectivity index (χ2v) is 4.01. The highest BCUT2D eigenvalue weighted by Crippen LogP contribution is 2.07. The monoisotopic (exact) mass is 211 g/mol. The van der Waals surface area contributed by atoms with Crippen molar-refractivity contribution in [1.29, 1.82) is 0 Å². The van der Waals surface area contributed by atoms with Gasteiger partial charge in [-0.3, -0.25) is 5.10 Å². The molecule has 1 aromatic rings. The van der Waals surface area contributed by atoms with E-state index in [1.165, 1.54) is 5.56 Å². The molecule has 0 aliphatic rings. The molecular formula is C11H21N3O. The second kappa shape index (κ2) is 5.88. The number of nitrogens with zero attached hydrogens (tertiary/aromatic N) is 1. The van der Waals surface area contributed by atoms with Crippen LogP contribution in [0, 0.1) is 13.8 Å². The number of H-pyrrole nitrogens is 1. The van der Waals surface area contributed by atoms with Crippen LogP contribution in [0.1, 0.15) is 30.8 Å². The van der Waals surface area contributed by atoms with E-state index in [1.54, 1.807) is 0 Å². The third-order valence-corrected chi connectivity index (χ3v) is 2.31. The Morgan fingerprint density at radius 3 is 2.67 bits per heavy atom. The fraction of sp³-hybridized carbons (Fsp3) is 0.727. The molecule has 0 bridgehead atoms. The second-order valence-electron chi connectivity index (χ2n) is 4.01. The lowest BCUT2D eigenvalue weighted by atomic mass is 10.2. The number of aryl methyl sites for hydroxylation is 2. The van der Waals surface area contributed by atoms with Crippen LogP contribution in [0.5, 0.6) is 0 Å². The minimum Gasteiger partial charge on any atom is -0.377 e. The Kier molecular flexibility index (Phi) is 4.78. The molecule has 0 aliphatic carbocycles. The third kappa shape index (κ3) is 4.01. The van der Waals surface area contributed by atoms with E-state index in [9.17, 15) is 0 Å². The Morgan fingerprint density at radius 1 is 1.40 bits per heavy atom. The molecule has 1 rings (SSSR count). The van der Waals surface area contributed by atoms with E-state index in [0.29, 0.717) is 6.10 Å².